The maximum absolute atomic E-state index is 11.6. The average molecular weight is 319 g/mol. The quantitative estimate of drug-likeness (QED) is 0.804. The van der Waals surface area contributed by atoms with Crippen LogP contribution in [0.15, 0.2) is 18.2 Å². The van der Waals surface area contributed by atoms with Gasteiger partial charge in [0.15, 0.2) is 0 Å². The number of benzene rings is 1. The number of aryl methyl sites for hydroxylation is 1. The Kier molecular flexibility index (Phi) is 6.86. The van der Waals surface area contributed by atoms with Gasteiger partial charge in [-0.2, -0.15) is 0 Å². The molecule has 23 heavy (non-hydrogen) atoms. The van der Waals surface area contributed by atoms with Crippen LogP contribution in [0.2, 0.25) is 0 Å². The lowest BCUT2D eigenvalue weighted by molar-refractivity contribution is -0.121. The van der Waals surface area contributed by atoms with Gasteiger partial charge < -0.3 is 15.8 Å². The van der Waals surface area contributed by atoms with E-state index in [-0.39, 0.29) is 5.91 Å². The van der Waals surface area contributed by atoms with E-state index in [1.165, 1.54) is 18.4 Å². The van der Waals surface area contributed by atoms with E-state index in [0.29, 0.717) is 25.6 Å². The smallest absolute Gasteiger partial charge is 0.221 e. The molecule has 5 nitrogen and oxygen atoms in total. The number of hydrogen-bond acceptors (Lipinski definition) is 4. The lowest BCUT2D eigenvalue weighted by Gasteiger charge is -2.36. The number of methoxy groups -OCH3 is 1. The van der Waals surface area contributed by atoms with Gasteiger partial charge in [-0.25, -0.2) is 0 Å². The highest BCUT2D eigenvalue weighted by atomic mass is 16.5. The summed E-state index contributed by atoms with van der Waals surface area (Å²) in [6, 6.07) is 6.77. The Bertz CT molecular complexity index is 519. The molecule has 1 heterocycles. The SMILES string of the molecule is COc1ccc(CN2CCCCC2CNC(=O)CCN)cc1C. The lowest BCUT2D eigenvalue weighted by Crippen LogP contribution is -2.46. The zero-order chi connectivity index (χ0) is 16.7. The molecule has 1 atom stereocenters. The van der Waals surface area contributed by atoms with Crippen molar-refractivity contribution in [3.05, 3.63) is 29.3 Å². The normalized spacial score (nSPS) is 18.7. The minimum atomic E-state index is 0.0540. The summed E-state index contributed by atoms with van der Waals surface area (Å²) in [6.07, 6.45) is 4.00. The van der Waals surface area contributed by atoms with Crippen molar-refractivity contribution in [2.45, 2.75) is 45.2 Å². The second-order valence-corrected chi connectivity index (χ2v) is 6.27. The molecule has 2 rings (SSSR count). The highest BCUT2D eigenvalue weighted by Gasteiger charge is 2.23. The number of likely N-dealkylation sites (tertiary alicyclic amines) is 1. The van der Waals surface area contributed by atoms with Crippen molar-refractivity contribution in [2.75, 3.05) is 26.7 Å². The van der Waals surface area contributed by atoms with E-state index < -0.39 is 0 Å². The molecular weight excluding hydrogens is 290 g/mol. The zero-order valence-corrected chi connectivity index (χ0v) is 14.3. The van der Waals surface area contributed by atoms with Gasteiger partial charge in [0, 0.05) is 32.1 Å². The van der Waals surface area contributed by atoms with Crippen molar-refractivity contribution in [1.29, 1.82) is 0 Å². The molecule has 0 bridgehead atoms. The summed E-state index contributed by atoms with van der Waals surface area (Å²) in [6.45, 7) is 5.20. The summed E-state index contributed by atoms with van der Waals surface area (Å²) >= 11 is 0. The summed E-state index contributed by atoms with van der Waals surface area (Å²) < 4.78 is 5.33. The van der Waals surface area contributed by atoms with Crippen LogP contribution in [0.1, 0.15) is 36.8 Å². The van der Waals surface area contributed by atoms with Gasteiger partial charge >= 0.3 is 0 Å². The van der Waals surface area contributed by atoms with Gasteiger partial charge in [0.05, 0.1) is 7.11 Å². The fourth-order valence-corrected chi connectivity index (χ4v) is 3.22. The number of hydrogen-bond donors (Lipinski definition) is 2. The predicted octanol–water partition coefficient (Wildman–Crippen LogP) is 1.82. The fourth-order valence-electron chi connectivity index (χ4n) is 3.22. The lowest BCUT2D eigenvalue weighted by atomic mass is 10.0. The topological polar surface area (TPSA) is 67.6 Å². The Morgan fingerprint density at radius 2 is 2.26 bits per heavy atom. The number of nitrogens with two attached hydrogens (primary N) is 1. The molecule has 0 radical (unpaired) electrons. The van der Waals surface area contributed by atoms with Crippen molar-refractivity contribution in [2.24, 2.45) is 5.73 Å². The molecule has 0 aliphatic carbocycles. The molecule has 1 saturated heterocycles. The predicted molar refractivity (Wildman–Crippen MR) is 92.5 cm³/mol. The maximum Gasteiger partial charge on any atom is 0.221 e. The first kappa shape index (κ1) is 17.8. The van der Waals surface area contributed by atoms with Crippen LogP contribution in [0.4, 0.5) is 0 Å². The Morgan fingerprint density at radius 1 is 1.43 bits per heavy atom. The third kappa shape index (κ3) is 5.22. The second-order valence-electron chi connectivity index (χ2n) is 6.27. The summed E-state index contributed by atoms with van der Waals surface area (Å²) in [4.78, 5) is 14.1. The van der Waals surface area contributed by atoms with E-state index in [0.717, 1.165) is 30.8 Å². The van der Waals surface area contributed by atoms with Gasteiger partial charge in [0.25, 0.3) is 0 Å². The molecule has 3 N–H and O–H groups in total. The molecule has 1 aromatic rings. The summed E-state index contributed by atoms with van der Waals surface area (Å²) in [5, 5.41) is 3.02. The van der Waals surface area contributed by atoms with Gasteiger partial charge in [0.2, 0.25) is 5.91 Å². The highest BCUT2D eigenvalue weighted by molar-refractivity contribution is 5.76. The van der Waals surface area contributed by atoms with Crippen LogP contribution in [0.5, 0.6) is 5.75 Å². The van der Waals surface area contributed by atoms with Crippen LogP contribution in [0, 0.1) is 6.92 Å². The summed E-state index contributed by atoms with van der Waals surface area (Å²) in [5.41, 5.74) is 7.88. The Balaban J connectivity index is 1.95. The van der Waals surface area contributed by atoms with Gasteiger partial charge in [-0.3, -0.25) is 9.69 Å². The first-order valence-corrected chi connectivity index (χ1v) is 8.48. The van der Waals surface area contributed by atoms with Crippen LogP contribution < -0.4 is 15.8 Å². The minimum Gasteiger partial charge on any atom is -0.496 e. The van der Waals surface area contributed by atoms with Crippen LogP contribution in [-0.2, 0) is 11.3 Å². The minimum absolute atomic E-state index is 0.0540. The van der Waals surface area contributed by atoms with Crippen molar-refractivity contribution in [1.82, 2.24) is 10.2 Å². The van der Waals surface area contributed by atoms with E-state index >= 15 is 0 Å². The number of nitrogens with zero attached hydrogens (tertiary/aromatic N) is 1. The Morgan fingerprint density at radius 3 is 2.96 bits per heavy atom. The highest BCUT2D eigenvalue weighted by Crippen LogP contribution is 2.23. The first-order chi connectivity index (χ1) is 11.1. The third-order valence-electron chi connectivity index (χ3n) is 4.50. The maximum atomic E-state index is 11.6. The molecule has 1 aliphatic heterocycles. The molecule has 5 heteroatoms. The van der Waals surface area contributed by atoms with Crippen LogP contribution >= 0.6 is 0 Å². The first-order valence-electron chi connectivity index (χ1n) is 8.48. The van der Waals surface area contributed by atoms with Gasteiger partial charge in [0.1, 0.15) is 5.75 Å². The number of amides is 1. The summed E-state index contributed by atoms with van der Waals surface area (Å²) in [7, 11) is 1.70. The molecule has 1 aliphatic rings. The molecule has 0 saturated carbocycles. The Hall–Kier alpha value is -1.59. The number of ether oxygens (including phenoxy) is 1. The molecule has 1 unspecified atom stereocenters. The monoisotopic (exact) mass is 319 g/mol. The van der Waals surface area contributed by atoms with Gasteiger partial charge in [-0.1, -0.05) is 18.6 Å². The number of carbonyl (C=O) groups excluding carboxylic acids is 1. The van der Waals surface area contributed by atoms with Crippen LogP contribution in [0.25, 0.3) is 0 Å². The molecule has 1 aromatic carbocycles. The molecule has 1 fully saturated rings. The largest absolute Gasteiger partial charge is 0.496 e. The van der Waals surface area contributed by atoms with E-state index in [1.54, 1.807) is 7.11 Å². The fraction of sp³-hybridized carbons (Fsp3) is 0.611. The third-order valence-corrected chi connectivity index (χ3v) is 4.50. The number of nitrogens with one attached hydrogen (secondary N) is 1. The standard InChI is InChI=1S/C18H29N3O2/c1-14-11-15(6-7-17(14)23-2)13-21-10-4-3-5-16(21)12-20-18(22)8-9-19/h6-7,11,16H,3-5,8-10,12-13,19H2,1-2H3,(H,20,22). The zero-order valence-electron chi connectivity index (χ0n) is 14.3. The Labute approximate surface area is 139 Å². The van der Waals surface area contributed by atoms with Crippen molar-refractivity contribution in [3.63, 3.8) is 0 Å². The van der Waals surface area contributed by atoms with E-state index in [9.17, 15) is 4.79 Å². The van der Waals surface area contributed by atoms with E-state index in [1.807, 2.05) is 6.07 Å². The number of piperidine rings is 1. The van der Waals surface area contributed by atoms with Gasteiger partial charge in [-0.15, -0.1) is 0 Å². The number of carbonyl (C=O) groups is 1. The van der Waals surface area contributed by atoms with E-state index in [2.05, 4.69) is 29.3 Å². The van der Waals surface area contributed by atoms with Crippen LogP contribution in [0.3, 0.4) is 0 Å². The van der Waals surface area contributed by atoms with Crippen LogP contribution in [-0.4, -0.2) is 43.6 Å². The van der Waals surface area contributed by atoms with Gasteiger partial charge in [-0.05, 0) is 43.5 Å². The van der Waals surface area contributed by atoms with Crippen molar-refractivity contribution in [3.8, 4) is 5.75 Å². The van der Waals surface area contributed by atoms with E-state index in [4.69, 9.17) is 10.5 Å². The summed E-state index contributed by atoms with van der Waals surface area (Å²) in [5.74, 6) is 0.983. The average Bonchev–Trinajstić information content (AvgIpc) is 2.54. The molecular formula is C18H29N3O2. The molecule has 1 amide bonds. The molecule has 128 valence electrons. The molecule has 0 aromatic heterocycles. The van der Waals surface area contributed by atoms with Crippen molar-refractivity contribution >= 4 is 5.91 Å². The second kappa shape index (κ2) is 8.89. The molecule has 0 spiro atoms. The number of rotatable bonds is 7. The van der Waals surface area contributed by atoms with Crippen molar-refractivity contribution < 1.29 is 9.53 Å².